The zero-order valence-electron chi connectivity index (χ0n) is 12.1. The molecule has 1 aliphatic heterocycles. The largest absolute Gasteiger partial charge is 0.394 e. The second kappa shape index (κ2) is 6.72. The van der Waals surface area contributed by atoms with Crippen molar-refractivity contribution in [2.45, 2.75) is 19.9 Å². The summed E-state index contributed by atoms with van der Waals surface area (Å²) < 4.78 is 5.30. The summed E-state index contributed by atoms with van der Waals surface area (Å²) in [5.74, 6) is -0.0431. The Morgan fingerprint density at radius 1 is 1.55 bits per heavy atom. The Balaban J connectivity index is 2.17. The fourth-order valence-corrected chi connectivity index (χ4v) is 2.42. The third kappa shape index (κ3) is 3.11. The molecule has 5 heteroatoms. The number of benzene rings is 1. The minimum Gasteiger partial charge on any atom is -0.394 e. The molecule has 0 aliphatic carbocycles. The molecule has 0 aromatic heterocycles. The third-order valence-electron chi connectivity index (χ3n) is 3.54. The maximum absolute atomic E-state index is 12.5. The molecule has 1 aromatic rings. The minimum atomic E-state index is -0.245. The number of rotatable bonds is 4. The number of hydrogen-bond acceptors (Lipinski definition) is 4. The number of ether oxygens (including phenoxy) is 1. The van der Waals surface area contributed by atoms with Crippen molar-refractivity contribution >= 4 is 11.6 Å². The standard InChI is InChI=1S/C15H22N2O3/c1-3-16-14-5-4-12(8-11(14)2)15(19)17-6-7-20-10-13(17)9-18/h4-5,8,13,16,18H,3,6-7,9-10H2,1-2H3. The van der Waals surface area contributed by atoms with Crippen molar-refractivity contribution in [3.05, 3.63) is 29.3 Å². The zero-order chi connectivity index (χ0) is 14.5. The molecule has 1 atom stereocenters. The van der Waals surface area contributed by atoms with Gasteiger partial charge in [-0.15, -0.1) is 0 Å². The SMILES string of the molecule is CCNc1ccc(C(=O)N2CCOCC2CO)cc1C. The highest BCUT2D eigenvalue weighted by Gasteiger charge is 2.27. The van der Waals surface area contributed by atoms with Crippen LogP contribution in [0.15, 0.2) is 18.2 Å². The smallest absolute Gasteiger partial charge is 0.254 e. The van der Waals surface area contributed by atoms with E-state index in [2.05, 4.69) is 5.32 Å². The molecular formula is C15H22N2O3. The van der Waals surface area contributed by atoms with E-state index >= 15 is 0 Å². The Labute approximate surface area is 119 Å². The van der Waals surface area contributed by atoms with Gasteiger partial charge in [0.2, 0.25) is 0 Å². The molecule has 1 heterocycles. The van der Waals surface area contributed by atoms with Crippen molar-refractivity contribution in [2.24, 2.45) is 0 Å². The molecule has 1 saturated heterocycles. The van der Waals surface area contributed by atoms with Gasteiger partial charge in [-0.2, -0.15) is 0 Å². The van der Waals surface area contributed by atoms with Crippen LogP contribution >= 0.6 is 0 Å². The van der Waals surface area contributed by atoms with Crippen LogP contribution in [0.1, 0.15) is 22.8 Å². The monoisotopic (exact) mass is 278 g/mol. The first kappa shape index (κ1) is 14.8. The lowest BCUT2D eigenvalue weighted by Gasteiger charge is -2.34. The van der Waals surface area contributed by atoms with E-state index in [0.29, 0.717) is 25.3 Å². The minimum absolute atomic E-state index is 0.0431. The maximum atomic E-state index is 12.5. The first-order valence-corrected chi connectivity index (χ1v) is 7.01. The van der Waals surface area contributed by atoms with Gasteiger partial charge in [-0.05, 0) is 37.6 Å². The molecule has 1 fully saturated rings. The summed E-state index contributed by atoms with van der Waals surface area (Å²) in [5, 5.41) is 12.6. The molecule has 1 aromatic carbocycles. The lowest BCUT2D eigenvalue weighted by atomic mass is 10.1. The summed E-state index contributed by atoms with van der Waals surface area (Å²) in [7, 11) is 0. The van der Waals surface area contributed by atoms with E-state index in [4.69, 9.17) is 4.74 Å². The van der Waals surface area contributed by atoms with Gasteiger partial charge in [-0.1, -0.05) is 0 Å². The summed E-state index contributed by atoms with van der Waals surface area (Å²) in [6, 6.07) is 5.41. The summed E-state index contributed by atoms with van der Waals surface area (Å²) in [6.07, 6.45) is 0. The highest BCUT2D eigenvalue weighted by atomic mass is 16.5. The van der Waals surface area contributed by atoms with Crippen LogP contribution < -0.4 is 5.32 Å². The van der Waals surface area contributed by atoms with Crippen LogP contribution in [-0.4, -0.2) is 54.9 Å². The average molecular weight is 278 g/mol. The van der Waals surface area contributed by atoms with Crippen LogP contribution in [0.25, 0.3) is 0 Å². The number of carbonyl (C=O) groups excluding carboxylic acids is 1. The van der Waals surface area contributed by atoms with Crippen molar-refractivity contribution < 1.29 is 14.6 Å². The highest BCUT2D eigenvalue weighted by molar-refractivity contribution is 5.95. The molecule has 1 aliphatic rings. The molecule has 1 amide bonds. The number of anilines is 1. The van der Waals surface area contributed by atoms with Gasteiger partial charge in [0.05, 0.1) is 25.9 Å². The van der Waals surface area contributed by atoms with E-state index in [-0.39, 0.29) is 18.6 Å². The summed E-state index contributed by atoms with van der Waals surface area (Å²) >= 11 is 0. The van der Waals surface area contributed by atoms with E-state index in [1.54, 1.807) is 4.90 Å². The molecular weight excluding hydrogens is 256 g/mol. The zero-order valence-corrected chi connectivity index (χ0v) is 12.1. The Morgan fingerprint density at radius 2 is 2.35 bits per heavy atom. The molecule has 1 unspecified atom stereocenters. The Kier molecular flexibility index (Phi) is 4.98. The van der Waals surface area contributed by atoms with Gasteiger partial charge in [0.1, 0.15) is 0 Å². The molecule has 0 saturated carbocycles. The first-order valence-electron chi connectivity index (χ1n) is 7.01. The number of aryl methyl sites for hydroxylation is 1. The van der Waals surface area contributed by atoms with Crippen molar-refractivity contribution in [3.8, 4) is 0 Å². The molecule has 0 bridgehead atoms. The second-order valence-electron chi connectivity index (χ2n) is 4.97. The Hall–Kier alpha value is -1.59. The number of aliphatic hydroxyl groups excluding tert-OH is 1. The lowest BCUT2D eigenvalue weighted by Crippen LogP contribution is -2.50. The van der Waals surface area contributed by atoms with Gasteiger partial charge in [-0.3, -0.25) is 4.79 Å². The van der Waals surface area contributed by atoms with Crippen molar-refractivity contribution in [1.29, 1.82) is 0 Å². The molecule has 110 valence electrons. The maximum Gasteiger partial charge on any atom is 0.254 e. The van der Waals surface area contributed by atoms with Crippen LogP contribution in [-0.2, 0) is 4.74 Å². The molecule has 20 heavy (non-hydrogen) atoms. The second-order valence-corrected chi connectivity index (χ2v) is 4.97. The number of carbonyl (C=O) groups is 1. The quantitative estimate of drug-likeness (QED) is 0.870. The van der Waals surface area contributed by atoms with Crippen LogP contribution in [0.5, 0.6) is 0 Å². The first-order chi connectivity index (χ1) is 9.67. The van der Waals surface area contributed by atoms with Gasteiger partial charge in [0.25, 0.3) is 5.91 Å². The number of nitrogens with one attached hydrogen (secondary N) is 1. The van der Waals surface area contributed by atoms with E-state index in [1.165, 1.54) is 0 Å². The molecule has 2 N–H and O–H groups in total. The topological polar surface area (TPSA) is 61.8 Å². The summed E-state index contributed by atoms with van der Waals surface area (Å²) in [6.45, 7) is 6.26. The van der Waals surface area contributed by atoms with Gasteiger partial charge >= 0.3 is 0 Å². The number of amides is 1. The van der Waals surface area contributed by atoms with E-state index in [1.807, 2.05) is 32.0 Å². The Bertz CT molecular complexity index is 476. The third-order valence-corrected chi connectivity index (χ3v) is 3.54. The van der Waals surface area contributed by atoms with E-state index in [9.17, 15) is 9.90 Å². The van der Waals surface area contributed by atoms with E-state index in [0.717, 1.165) is 17.8 Å². The number of nitrogens with zero attached hydrogens (tertiary/aromatic N) is 1. The van der Waals surface area contributed by atoms with Crippen molar-refractivity contribution in [1.82, 2.24) is 4.90 Å². The predicted octanol–water partition coefficient (Wildman–Crippen LogP) is 1.26. The van der Waals surface area contributed by atoms with E-state index < -0.39 is 0 Å². The number of aliphatic hydroxyl groups is 1. The lowest BCUT2D eigenvalue weighted by molar-refractivity contribution is -0.0183. The van der Waals surface area contributed by atoms with Gasteiger partial charge in [0.15, 0.2) is 0 Å². The van der Waals surface area contributed by atoms with Gasteiger partial charge in [-0.25, -0.2) is 0 Å². The molecule has 0 spiro atoms. The normalized spacial score (nSPS) is 18.9. The average Bonchev–Trinajstić information content (AvgIpc) is 2.48. The Morgan fingerprint density at radius 3 is 3.00 bits per heavy atom. The van der Waals surface area contributed by atoms with Crippen LogP contribution in [0.2, 0.25) is 0 Å². The fourth-order valence-electron chi connectivity index (χ4n) is 2.42. The number of hydrogen-bond donors (Lipinski definition) is 2. The van der Waals surface area contributed by atoms with Gasteiger partial charge in [0, 0.05) is 24.3 Å². The molecule has 5 nitrogen and oxygen atoms in total. The van der Waals surface area contributed by atoms with Crippen LogP contribution in [0.3, 0.4) is 0 Å². The summed E-state index contributed by atoms with van der Waals surface area (Å²) in [5.41, 5.74) is 2.75. The molecule has 2 rings (SSSR count). The number of morpholine rings is 1. The van der Waals surface area contributed by atoms with Crippen LogP contribution in [0, 0.1) is 6.92 Å². The fraction of sp³-hybridized carbons (Fsp3) is 0.533. The highest BCUT2D eigenvalue weighted by Crippen LogP contribution is 2.19. The van der Waals surface area contributed by atoms with Crippen LogP contribution in [0.4, 0.5) is 5.69 Å². The predicted molar refractivity (Wildman–Crippen MR) is 78.1 cm³/mol. The van der Waals surface area contributed by atoms with Crippen molar-refractivity contribution in [3.63, 3.8) is 0 Å². The van der Waals surface area contributed by atoms with Gasteiger partial charge < -0.3 is 20.1 Å². The molecule has 0 radical (unpaired) electrons. The van der Waals surface area contributed by atoms with Crippen molar-refractivity contribution in [2.75, 3.05) is 38.2 Å². The summed E-state index contributed by atoms with van der Waals surface area (Å²) in [4.78, 5) is 14.2.